The Morgan fingerprint density at radius 1 is 0.821 bits per heavy atom. The van der Waals surface area contributed by atoms with Gasteiger partial charge in [0, 0.05) is 5.56 Å². The second-order valence-corrected chi connectivity index (χ2v) is 5.54. The predicted octanol–water partition coefficient (Wildman–Crippen LogP) is 1.97. The summed E-state index contributed by atoms with van der Waals surface area (Å²) in [7, 11) is 3.07. The number of carbonyl (C=O) groups is 3. The first-order valence-corrected chi connectivity index (χ1v) is 8.42. The van der Waals surface area contributed by atoms with Crippen molar-refractivity contribution < 1.29 is 33.3 Å². The van der Waals surface area contributed by atoms with Crippen LogP contribution in [-0.2, 0) is 14.3 Å². The van der Waals surface area contributed by atoms with Crippen LogP contribution in [0.3, 0.4) is 0 Å². The smallest absolute Gasteiger partial charge is 0.309 e. The molecule has 28 heavy (non-hydrogen) atoms. The van der Waals surface area contributed by atoms with Crippen molar-refractivity contribution in [1.29, 1.82) is 0 Å². The van der Waals surface area contributed by atoms with Crippen molar-refractivity contribution in [2.24, 2.45) is 0 Å². The number of esters is 1. The number of rotatable bonds is 9. The summed E-state index contributed by atoms with van der Waals surface area (Å²) >= 11 is 0. The van der Waals surface area contributed by atoms with Gasteiger partial charge in [0.2, 0.25) is 0 Å². The third-order valence-electron chi connectivity index (χ3n) is 3.60. The van der Waals surface area contributed by atoms with Crippen LogP contribution in [0.5, 0.6) is 17.2 Å². The molecule has 0 aliphatic rings. The number of ether oxygens (including phenoxy) is 4. The van der Waals surface area contributed by atoms with Crippen molar-refractivity contribution in [3.63, 3.8) is 0 Å². The second kappa shape index (κ2) is 10.6. The number of hydrogen-bond acceptors (Lipinski definition) is 7. The van der Waals surface area contributed by atoms with Crippen molar-refractivity contribution in [1.82, 2.24) is 5.32 Å². The number of hydrogen-bond donors (Lipinski definition) is 1. The molecule has 2 aromatic carbocycles. The largest absolute Gasteiger partial charge is 0.497 e. The first-order chi connectivity index (χ1) is 13.5. The van der Waals surface area contributed by atoms with Gasteiger partial charge in [-0.05, 0) is 48.5 Å². The maximum absolute atomic E-state index is 11.9. The van der Waals surface area contributed by atoms with Crippen LogP contribution >= 0.6 is 0 Å². The third kappa shape index (κ3) is 6.64. The summed E-state index contributed by atoms with van der Waals surface area (Å²) in [5.74, 6) is -0.0515. The molecule has 0 aliphatic heterocycles. The summed E-state index contributed by atoms with van der Waals surface area (Å²) in [6.45, 7) is -0.458. The van der Waals surface area contributed by atoms with Gasteiger partial charge in [0.1, 0.15) is 17.2 Å². The highest BCUT2D eigenvalue weighted by Crippen LogP contribution is 2.17. The molecule has 0 aliphatic carbocycles. The second-order valence-electron chi connectivity index (χ2n) is 5.54. The van der Waals surface area contributed by atoms with Crippen molar-refractivity contribution >= 4 is 17.8 Å². The molecule has 0 heterocycles. The lowest BCUT2D eigenvalue weighted by molar-refractivity contribution is -0.148. The normalized spacial score (nSPS) is 9.93. The van der Waals surface area contributed by atoms with Gasteiger partial charge in [-0.15, -0.1) is 0 Å². The molecule has 1 N–H and O–H groups in total. The monoisotopic (exact) mass is 387 g/mol. The number of imide groups is 1. The molecule has 2 rings (SSSR count). The van der Waals surface area contributed by atoms with Crippen LogP contribution in [0.2, 0.25) is 0 Å². The highest BCUT2D eigenvalue weighted by molar-refractivity contribution is 6.05. The Balaban J connectivity index is 1.66. The minimum absolute atomic E-state index is 0.0360. The van der Waals surface area contributed by atoms with E-state index in [1.54, 1.807) is 43.5 Å². The van der Waals surface area contributed by atoms with Gasteiger partial charge in [-0.3, -0.25) is 19.7 Å². The minimum atomic E-state index is -0.717. The molecule has 8 heteroatoms. The molecular weight excluding hydrogens is 366 g/mol. The lowest BCUT2D eigenvalue weighted by atomic mass is 10.2. The van der Waals surface area contributed by atoms with Gasteiger partial charge in [-0.1, -0.05) is 0 Å². The van der Waals surface area contributed by atoms with Crippen molar-refractivity contribution in [3.05, 3.63) is 54.1 Å². The zero-order valence-electron chi connectivity index (χ0n) is 15.6. The van der Waals surface area contributed by atoms with Gasteiger partial charge in [-0.2, -0.15) is 0 Å². The van der Waals surface area contributed by atoms with Gasteiger partial charge in [0.05, 0.1) is 27.2 Å². The van der Waals surface area contributed by atoms with Gasteiger partial charge < -0.3 is 18.9 Å². The fourth-order valence-corrected chi connectivity index (χ4v) is 2.12. The van der Waals surface area contributed by atoms with Crippen LogP contribution in [0.1, 0.15) is 16.8 Å². The quantitative estimate of drug-likeness (QED) is 0.657. The number of benzene rings is 2. The molecule has 0 saturated carbocycles. The zero-order valence-corrected chi connectivity index (χ0v) is 15.6. The van der Waals surface area contributed by atoms with Gasteiger partial charge in [0.15, 0.2) is 6.61 Å². The highest BCUT2D eigenvalue weighted by Gasteiger charge is 2.13. The van der Waals surface area contributed by atoms with Gasteiger partial charge in [0.25, 0.3) is 11.8 Å². The molecule has 0 bridgehead atoms. The molecular formula is C20H21NO7. The minimum Gasteiger partial charge on any atom is -0.497 e. The molecule has 0 spiro atoms. The summed E-state index contributed by atoms with van der Waals surface area (Å²) in [6.07, 6.45) is -0.0360. The van der Waals surface area contributed by atoms with E-state index in [9.17, 15) is 14.4 Å². The van der Waals surface area contributed by atoms with E-state index < -0.39 is 24.4 Å². The number of carbonyl (C=O) groups excluding carboxylic acids is 3. The average Bonchev–Trinajstić information content (AvgIpc) is 2.72. The van der Waals surface area contributed by atoms with E-state index in [1.165, 1.54) is 19.2 Å². The van der Waals surface area contributed by atoms with Crippen LogP contribution in [0, 0.1) is 0 Å². The molecule has 8 nitrogen and oxygen atoms in total. The summed E-state index contributed by atoms with van der Waals surface area (Å²) in [6, 6.07) is 13.1. The lowest BCUT2D eigenvalue weighted by Crippen LogP contribution is -2.34. The van der Waals surface area contributed by atoms with E-state index in [0.717, 1.165) is 0 Å². The fourth-order valence-electron chi connectivity index (χ4n) is 2.12. The van der Waals surface area contributed by atoms with Crippen molar-refractivity contribution in [2.75, 3.05) is 27.4 Å². The first kappa shape index (κ1) is 20.8. The Morgan fingerprint density at radius 2 is 1.36 bits per heavy atom. The van der Waals surface area contributed by atoms with E-state index in [2.05, 4.69) is 5.32 Å². The van der Waals surface area contributed by atoms with Crippen molar-refractivity contribution in [2.45, 2.75) is 6.42 Å². The average molecular weight is 387 g/mol. The fraction of sp³-hybridized carbons (Fsp3) is 0.250. The van der Waals surface area contributed by atoms with Crippen LogP contribution in [0.25, 0.3) is 0 Å². The van der Waals surface area contributed by atoms with E-state index >= 15 is 0 Å². The van der Waals surface area contributed by atoms with Crippen LogP contribution in [0.15, 0.2) is 48.5 Å². The summed E-state index contributed by atoms with van der Waals surface area (Å²) in [4.78, 5) is 35.3. The Morgan fingerprint density at radius 3 is 1.93 bits per heavy atom. The predicted molar refractivity (Wildman–Crippen MR) is 99.5 cm³/mol. The van der Waals surface area contributed by atoms with Gasteiger partial charge >= 0.3 is 5.97 Å². The Hall–Kier alpha value is -3.55. The number of methoxy groups -OCH3 is 2. The highest BCUT2D eigenvalue weighted by atomic mass is 16.5. The molecule has 0 unspecified atom stereocenters. The molecule has 2 amide bonds. The Kier molecular flexibility index (Phi) is 7.83. The number of amides is 2. The van der Waals surface area contributed by atoms with E-state index in [0.29, 0.717) is 17.2 Å². The summed E-state index contributed by atoms with van der Waals surface area (Å²) in [5, 5.41) is 2.14. The molecule has 0 radical (unpaired) electrons. The van der Waals surface area contributed by atoms with Crippen LogP contribution < -0.4 is 19.5 Å². The lowest BCUT2D eigenvalue weighted by Gasteiger charge is -2.08. The van der Waals surface area contributed by atoms with Crippen molar-refractivity contribution in [3.8, 4) is 17.2 Å². The van der Waals surface area contributed by atoms with E-state index in [4.69, 9.17) is 18.9 Å². The summed E-state index contributed by atoms with van der Waals surface area (Å²) < 4.78 is 20.3. The Bertz CT molecular complexity index is 800. The van der Waals surface area contributed by atoms with E-state index in [-0.39, 0.29) is 18.6 Å². The molecule has 0 saturated heterocycles. The first-order valence-electron chi connectivity index (χ1n) is 8.42. The molecule has 148 valence electrons. The Labute approximate surface area is 162 Å². The zero-order chi connectivity index (χ0) is 20.4. The topological polar surface area (TPSA) is 100 Å². The number of nitrogens with one attached hydrogen (secondary N) is 1. The maximum Gasteiger partial charge on any atom is 0.309 e. The van der Waals surface area contributed by atoms with Crippen LogP contribution in [-0.4, -0.2) is 45.2 Å². The molecule has 0 fully saturated rings. The summed E-state index contributed by atoms with van der Waals surface area (Å²) in [5.41, 5.74) is 0.286. The molecule has 0 atom stereocenters. The third-order valence-corrected chi connectivity index (χ3v) is 3.60. The van der Waals surface area contributed by atoms with Crippen LogP contribution in [0.4, 0.5) is 0 Å². The van der Waals surface area contributed by atoms with Gasteiger partial charge in [-0.25, -0.2) is 0 Å². The standard InChI is InChI=1S/C20H21NO7/c1-25-15-5-3-14(4-6-15)20(24)21-18(22)13-28-19(23)11-12-27-17-9-7-16(26-2)8-10-17/h3-10H,11-13H2,1-2H3,(H,21,22,24). The molecule has 2 aromatic rings. The SMILES string of the molecule is COc1ccc(OCCC(=O)OCC(=O)NC(=O)c2ccc(OC)cc2)cc1. The molecule has 0 aromatic heterocycles. The maximum atomic E-state index is 11.9. The van der Waals surface area contributed by atoms with E-state index in [1.807, 2.05) is 0 Å².